The van der Waals surface area contributed by atoms with Gasteiger partial charge in [0.05, 0.1) is 18.8 Å². The average molecular weight is 402 g/mol. The van der Waals surface area contributed by atoms with Crippen molar-refractivity contribution < 1.29 is 22.6 Å². The molecule has 1 fully saturated rings. The van der Waals surface area contributed by atoms with Crippen LogP contribution < -0.4 is 15.8 Å². The van der Waals surface area contributed by atoms with Gasteiger partial charge in [-0.05, 0) is 45.4 Å². The summed E-state index contributed by atoms with van der Waals surface area (Å²) in [5, 5.41) is 3.13. The number of rotatable bonds is 6. The first-order valence-electron chi connectivity index (χ1n) is 9.23. The Kier molecular flexibility index (Phi) is 7.16. The van der Waals surface area contributed by atoms with Gasteiger partial charge in [0.25, 0.3) is 0 Å². The number of nitrogens with zero attached hydrogens (tertiary/aromatic N) is 2. The van der Waals surface area contributed by atoms with Gasteiger partial charge in [-0.3, -0.25) is 4.90 Å². The van der Waals surface area contributed by atoms with E-state index < -0.39 is 6.36 Å². The molecule has 1 saturated heterocycles. The Morgan fingerprint density at radius 3 is 2.32 bits per heavy atom. The van der Waals surface area contributed by atoms with Crippen molar-refractivity contribution in [3.63, 3.8) is 0 Å². The highest BCUT2D eigenvalue weighted by atomic mass is 19.4. The van der Waals surface area contributed by atoms with Crippen LogP contribution in [-0.4, -0.2) is 54.6 Å². The van der Waals surface area contributed by atoms with Gasteiger partial charge < -0.3 is 20.5 Å². The molecule has 2 atom stereocenters. The Bertz CT molecular complexity index is 652. The van der Waals surface area contributed by atoms with E-state index in [2.05, 4.69) is 47.6 Å². The maximum absolute atomic E-state index is 12.2. The van der Waals surface area contributed by atoms with Gasteiger partial charge >= 0.3 is 6.36 Å². The number of alkyl halides is 3. The van der Waals surface area contributed by atoms with Gasteiger partial charge in [-0.25, -0.2) is 4.99 Å². The Morgan fingerprint density at radius 2 is 1.79 bits per heavy atom. The van der Waals surface area contributed by atoms with E-state index in [4.69, 9.17) is 10.5 Å². The number of benzene rings is 1. The van der Waals surface area contributed by atoms with Crippen molar-refractivity contribution in [1.29, 1.82) is 0 Å². The van der Waals surface area contributed by atoms with E-state index in [1.165, 1.54) is 24.3 Å². The average Bonchev–Trinajstić information content (AvgIpc) is 2.57. The lowest BCUT2D eigenvalue weighted by Gasteiger charge is -2.45. The normalized spacial score (nSPS) is 22.2. The van der Waals surface area contributed by atoms with Crippen LogP contribution in [0.4, 0.5) is 13.2 Å². The van der Waals surface area contributed by atoms with E-state index in [1.54, 1.807) is 0 Å². The summed E-state index contributed by atoms with van der Waals surface area (Å²) in [6.45, 7) is 11.0. The summed E-state index contributed by atoms with van der Waals surface area (Å²) in [4.78, 5) is 6.62. The molecule has 0 amide bonds. The van der Waals surface area contributed by atoms with E-state index in [1.807, 2.05) is 0 Å². The van der Waals surface area contributed by atoms with Crippen LogP contribution in [0.2, 0.25) is 0 Å². The number of aliphatic imine (C=N–C) groups is 1. The van der Waals surface area contributed by atoms with Crippen LogP contribution in [-0.2, 0) is 11.3 Å². The topological polar surface area (TPSA) is 72.1 Å². The molecular formula is C19H29F3N4O2. The van der Waals surface area contributed by atoms with E-state index in [-0.39, 0.29) is 36.0 Å². The second-order valence-corrected chi connectivity index (χ2v) is 7.72. The number of nitrogens with one attached hydrogen (secondary N) is 1. The number of ether oxygens (including phenoxy) is 2. The third kappa shape index (κ3) is 7.20. The van der Waals surface area contributed by atoms with Gasteiger partial charge in [-0.2, -0.15) is 0 Å². The van der Waals surface area contributed by atoms with Crippen molar-refractivity contribution in [3.8, 4) is 5.75 Å². The van der Waals surface area contributed by atoms with E-state index in [9.17, 15) is 13.2 Å². The Hall–Kier alpha value is -2.00. The first-order valence-corrected chi connectivity index (χ1v) is 9.23. The number of nitrogens with two attached hydrogens (primary N) is 1. The van der Waals surface area contributed by atoms with E-state index in [0.717, 1.165) is 18.7 Å². The molecule has 0 spiro atoms. The predicted molar refractivity (Wildman–Crippen MR) is 102 cm³/mol. The van der Waals surface area contributed by atoms with Gasteiger partial charge in [0, 0.05) is 25.2 Å². The zero-order chi connectivity index (χ0) is 20.9. The van der Waals surface area contributed by atoms with Gasteiger partial charge in [0.2, 0.25) is 0 Å². The molecule has 0 aromatic heterocycles. The van der Waals surface area contributed by atoms with Gasteiger partial charge in [-0.15, -0.1) is 13.2 Å². The second-order valence-electron chi connectivity index (χ2n) is 7.72. The van der Waals surface area contributed by atoms with Crippen LogP contribution in [0.25, 0.3) is 0 Å². The maximum atomic E-state index is 12.2. The standard InChI is InChI=1S/C19H29F3N4O2/c1-13-10-26(11-14(2)27-13)18(3,4)12-25-17(23)24-9-15-5-7-16(8-6-15)28-19(20,21)22/h5-8,13-14H,9-12H2,1-4H3,(H3,23,24,25). The molecule has 6 nitrogen and oxygen atoms in total. The number of morpholine rings is 1. The van der Waals surface area contributed by atoms with Crippen LogP contribution in [0.15, 0.2) is 29.3 Å². The third-order valence-corrected chi connectivity index (χ3v) is 4.57. The van der Waals surface area contributed by atoms with Crippen LogP contribution in [0.1, 0.15) is 33.3 Å². The zero-order valence-electron chi connectivity index (χ0n) is 16.7. The van der Waals surface area contributed by atoms with Crippen molar-refractivity contribution >= 4 is 5.96 Å². The molecular weight excluding hydrogens is 373 g/mol. The molecule has 2 rings (SSSR count). The smallest absolute Gasteiger partial charge is 0.406 e. The van der Waals surface area contributed by atoms with Crippen molar-refractivity contribution in [2.75, 3.05) is 19.6 Å². The number of guanidine groups is 1. The third-order valence-electron chi connectivity index (χ3n) is 4.57. The largest absolute Gasteiger partial charge is 0.573 e. The number of hydrogen-bond donors (Lipinski definition) is 2. The fourth-order valence-electron chi connectivity index (χ4n) is 3.12. The molecule has 1 aliphatic rings. The summed E-state index contributed by atoms with van der Waals surface area (Å²) in [6.07, 6.45) is -4.34. The minimum absolute atomic E-state index is 0.136. The maximum Gasteiger partial charge on any atom is 0.573 e. The van der Waals surface area contributed by atoms with E-state index in [0.29, 0.717) is 6.54 Å². The molecule has 158 valence electrons. The molecule has 1 aliphatic heterocycles. The predicted octanol–water partition coefficient (Wildman–Crippen LogP) is 2.88. The van der Waals surface area contributed by atoms with Gasteiger partial charge in [0.15, 0.2) is 5.96 Å². The fraction of sp³-hybridized carbons (Fsp3) is 0.632. The Labute approximate surface area is 163 Å². The quantitative estimate of drug-likeness (QED) is 0.566. The highest BCUT2D eigenvalue weighted by Gasteiger charge is 2.33. The van der Waals surface area contributed by atoms with Crippen molar-refractivity contribution in [3.05, 3.63) is 29.8 Å². The summed E-state index contributed by atoms with van der Waals surface area (Å²) in [5.41, 5.74) is 6.54. The molecule has 0 saturated carbocycles. The molecule has 0 radical (unpaired) electrons. The van der Waals surface area contributed by atoms with Crippen LogP contribution >= 0.6 is 0 Å². The molecule has 2 unspecified atom stereocenters. The van der Waals surface area contributed by atoms with Crippen LogP contribution in [0.3, 0.4) is 0 Å². The molecule has 1 aromatic rings. The fourth-order valence-corrected chi connectivity index (χ4v) is 3.12. The SMILES string of the molecule is CC1CN(C(C)(C)CNC(N)=NCc2ccc(OC(F)(F)F)cc2)CC(C)O1. The molecule has 9 heteroatoms. The molecule has 3 N–H and O–H groups in total. The zero-order valence-corrected chi connectivity index (χ0v) is 16.7. The highest BCUT2D eigenvalue weighted by molar-refractivity contribution is 5.77. The first kappa shape index (κ1) is 22.3. The Morgan fingerprint density at radius 1 is 1.21 bits per heavy atom. The second kappa shape index (κ2) is 9.00. The minimum atomic E-state index is -4.70. The lowest BCUT2D eigenvalue weighted by Crippen LogP contribution is -2.59. The number of halogens is 3. The first-order chi connectivity index (χ1) is 12.9. The lowest BCUT2D eigenvalue weighted by molar-refractivity contribution is -0.274. The van der Waals surface area contributed by atoms with Gasteiger partial charge in [0.1, 0.15) is 5.75 Å². The van der Waals surface area contributed by atoms with Crippen LogP contribution in [0, 0.1) is 0 Å². The summed E-state index contributed by atoms with van der Waals surface area (Å²) in [6, 6.07) is 5.56. The molecule has 1 heterocycles. The summed E-state index contributed by atoms with van der Waals surface area (Å²) in [7, 11) is 0. The molecule has 0 bridgehead atoms. The summed E-state index contributed by atoms with van der Waals surface area (Å²) < 4.78 is 46.1. The summed E-state index contributed by atoms with van der Waals surface area (Å²) in [5.74, 6) is 0.0279. The van der Waals surface area contributed by atoms with Crippen molar-refractivity contribution in [2.24, 2.45) is 10.7 Å². The molecule has 0 aliphatic carbocycles. The molecule has 1 aromatic carbocycles. The monoisotopic (exact) mass is 402 g/mol. The minimum Gasteiger partial charge on any atom is -0.406 e. The molecule has 28 heavy (non-hydrogen) atoms. The highest BCUT2D eigenvalue weighted by Crippen LogP contribution is 2.23. The summed E-state index contributed by atoms with van der Waals surface area (Å²) >= 11 is 0. The van der Waals surface area contributed by atoms with Crippen LogP contribution in [0.5, 0.6) is 5.75 Å². The van der Waals surface area contributed by atoms with Crippen molar-refractivity contribution in [1.82, 2.24) is 10.2 Å². The van der Waals surface area contributed by atoms with E-state index >= 15 is 0 Å². The lowest BCUT2D eigenvalue weighted by atomic mass is 10.00. The number of hydrogen-bond acceptors (Lipinski definition) is 4. The Balaban J connectivity index is 1.85. The van der Waals surface area contributed by atoms with Gasteiger partial charge in [-0.1, -0.05) is 12.1 Å². The van der Waals surface area contributed by atoms with Crippen molar-refractivity contribution in [2.45, 2.75) is 58.3 Å².